The number of rotatable bonds is 8. The van der Waals surface area contributed by atoms with Crippen molar-refractivity contribution in [1.82, 2.24) is 9.73 Å². The second kappa shape index (κ2) is 10.1. The summed E-state index contributed by atoms with van der Waals surface area (Å²) in [4.78, 5) is 24.0. The van der Waals surface area contributed by atoms with E-state index in [-0.39, 0.29) is 0 Å². The fourth-order valence-corrected chi connectivity index (χ4v) is 3.54. The zero-order chi connectivity index (χ0) is 22.3. The molecule has 1 amide bonds. The maximum absolute atomic E-state index is 12.2. The normalized spacial score (nSPS) is 14.0. The molecule has 0 aromatic heterocycles. The van der Waals surface area contributed by atoms with Crippen LogP contribution in [0.2, 0.25) is 0 Å². The summed E-state index contributed by atoms with van der Waals surface area (Å²) in [7, 11) is -3.83. The van der Waals surface area contributed by atoms with E-state index in [1.807, 2.05) is 49.4 Å². The molecule has 1 N–H and O–H groups in total. The monoisotopic (exact) mass is 441 g/mol. The maximum Gasteiger partial charge on any atom is 0.321 e. The Morgan fingerprint density at radius 2 is 1.84 bits per heavy atom. The molecule has 0 aliphatic carbocycles. The summed E-state index contributed by atoms with van der Waals surface area (Å²) in [5.41, 5.74) is 3.49. The Bertz CT molecular complexity index is 1090. The number of hydrazone groups is 1. The summed E-state index contributed by atoms with van der Waals surface area (Å²) in [6.45, 7) is 1.25. The number of ether oxygens (including phenoxy) is 1. The van der Waals surface area contributed by atoms with Crippen LogP contribution in [0, 0.1) is 6.92 Å². The minimum absolute atomic E-state index is 0.400. The zero-order valence-electron chi connectivity index (χ0n) is 17.0. The van der Waals surface area contributed by atoms with Crippen LogP contribution in [-0.2, 0) is 24.3 Å². The van der Waals surface area contributed by atoms with Gasteiger partial charge in [-0.3, -0.25) is 9.59 Å². The fourth-order valence-electron chi connectivity index (χ4n) is 2.79. The molecular formula is C22H23N3O5S. The number of hydrogen-bond donors (Lipinski definition) is 1. The maximum atomic E-state index is 12.2. The van der Waals surface area contributed by atoms with Crippen molar-refractivity contribution < 1.29 is 22.7 Å². The van der Waals surface area contributed by atoms with Crippen LogP contribution in [-0.4, -0.2) is 50.7 Å². The average molecular weight is 442 g/mol. The predicted octanol–water partition coefficient (Wildman–Crippen LogP) is 2.06. The lowest BCUT2D eigenvalue weighted by atomic mass is 10.1. The Labute approximate surface area is 181 Å². The van der Waals surface area contributed by atoms with Crippen LogP contribution in [0.5, 0.6) is 0 Å². The number of nitrogens with one attached hydrogen (secondary N) is 1. The van der Waals surface area contributed by atoms with Crippen molar-refractivity contribution in [2.45, 2.75) is 13.3 Å². The lowest BCUT2D eigenvalue weighted by molar-refractivity contribution is -0.150. The number of nitrogens with zero attached hydrogens (tertiary/aromatic N) is 2. The molecule has 162 valence electrons. The van der Waals surface area contributed by atoms with Crippen molar-refractivity contribution in [3.05, 3.63) is 76.7 Å². The van der Waals surface area contributed by atoms with Gasteiger partial charge in [0.15, 0.2) is 6.61 Å². The molecule has 31 heavy (non-hydrogen) atoms. The van der Waals surface area contributed by atoms with Crippen LogP contribution in [0.1, 0.15) is 23.1 Å². The van der Waals surface area contributed by atoms with Crippen molar-refractivity contribution in [2.75, 3.05) is 19.7 Å². The van der Waals surface area contributed by atoms with Gasteiger partial charge in [0.2, 0.25) is 10.0 Å². The van der Waals surface area contributed by atoms with E-state index < -0.39 is 35.1 Å². The summed E-state index contributed by atoms with van der Waals surface area (Å²) in [6, 6.07) is 16.8. The van der Waals surface area contributed by atoms with Gasteiger partial charge in [0.1, 0.15) is 6.54 Å². The molecule has 9 heteroatoms. The molecule has 0 unspecified atom stereocenters. The van der Waals surface area contributed by atoms with E-state index >= 15 is 0 Å². The quantitative estimate of drug-likeness (QED) is 0.632. The van der Waals surface area contributed by atoms with Gasteiger partial charge in [-0.05, 0) is 24.1 Å². The van der Waals surface area contributed by atoms with Gasteiger partial charge in [0.25, 0.3) is 5.91 Å². The second-order valence-corrected chi connectivity index (χ2v) is 8.57. The minimum atomic E-state index is -3.83. The molecule has 2 aromatic carbocycles. The van der Waals surface area contributed by atoms with Crippen LogP contribution in [0.25, 0.3) is 6.08 Å². The van der Waals surface area contributed by atoms with Gasteiger partial charge in [-0.25, -0.2) is 18.1 Å². The third-order valence-corrected chi connectivity index (χ3v) is 5.53. The standard InChI is InChI=1S/C22H23N3O5S/c1-17-7-9-18(10-8-17)12-14-31(28,29)23-15-22(27)30-16-21(26)25-13-11-20(24-25)19-5-3-2-4-6-19/h2-10,12,14,23H,11,13,15-16H2,1H3. The second-order valence-electron chi connectivity index (χ2n) is 6.92. The number of carbonyl (C=O) groups excluding carboxylic acids is 2. The molecule has 3 rings (SSSR count). The molecule has 0 fully saturated rings. The number of benzene rings is 2. The summed E-state index contributed by atoms with van der Waals surface area (Å²) in [5, 5.41) is 6.49. The van der Waals surface area contributed by atoms with Crippen LogP contribution in [0.15, 0.2) is 65.1 Å². The molecule has 0 saturated carbocycles. The largest absolute Gasteiger partial charge is 0.455 e. The fraction of sp³-hybridized carbons (Fsp3) is 0.227. The topological polar surface area (TPSA) is 105 Å². The molecule has 0 spiro atoms. The van der Waals surface area contributed by atoms with Crippen LogP contribution >= 0.6 is 0 Å². The molecule has 0 saturated heterocycles. The molecule has 0 radical (unpaired) electrons. The van der Waals surface area contributed by atoms with Crippen molar-refractivity contribution in [1.29, 1.82) is 0 Å². The van der Waals surface area contributed by atoms with E-state index in [4.69, 9.17) is 4.74 Å². The molecular weight excluding hydrogens is 418 g/mol. The molecule has 1 aliphatic heterocycles. The summed E-state index contributed by atoms with van der Waals surface area (Å²) < 4.78 is 31.0. The van der Waals surface area contributed by atoms with Crippen LogP contribution in [0.3, 0.4) is 0 Å². The summed E-state index contributed by atoms with van der Waals surface area (Å²) in [5.74, 6) is -1.33. The van der Waals surface area contributed by atoms with E-state index in [9.17, 15) is 18.0 Å². The first kappa shape index (κ1) is 22.4. The summed E-state index contributed by atoms with van der Waals surface area (Å²) in [6.07, 6.45) is 2.03. The Hall–Kier alpha value is -3.30. The number of hydrogen-bond acceptors (Lipinski definition) is 6. The van der Waals surface area contributed by atoms with Gasteiger partial charge in [-0.1, -0.05) is 60.2 Å². The third-order valence-electron chi connectivity index (χ3n) is 4.49. The molecule has 0 bridgehead atoms. The Morgan fingerprint density at radius 3 is 2.55 bits per heavy atom. The van der Waals surface area contributed by atoms with Crippen LogP contribution < -0.4 is 4.72 Å². The number of aryl methyl sites for hydroxylation is 1. The number of carbonyl (C=O) groups is 2. The van der Waals surface area contributed by atoms with E-state index in [0.29, 0.717) is 18.5 Å². The Morgan fingerprint density at radius 1 is 1.13 bits per heavy atom. The third kappa shape index (κ3) is 6.87. The number of esters is 1. The van der Waals surface area contributed by atoms with Gasteiger partial charge in [0.05, 0.1) is 12.3 Å². The lowest BCUT2D eigenvalue weighted by Crippen LogP contribution is -2.33. The number of sulfonamides is 1. The predicted molar refractivity (Wildman–Crippen MR) is 117 cm³/mol. The van der Waals surface area contributed by atoms with Gasteiger partial charge < -0.3 is 4.74 Å². The van der Waals surface area contributed by atoms with Gasteiger partial charge >= 0.3 is 5.97 Å². The SMILES string of the molecule is Cc1ccc(C=CS(=O)(=O)NCC(=O)OCC(=O)N2CCC(c3ccccc3)=N2)cc1. The van der Waals surface area contributed by atoms with Crippen LogP contribution in [0.4, 0.5) is 0 Å². The molecule has 0 atom stereocenters. The van der Waals surface area contributed by atoms with E-state index in [1.165, 1.54) is 11.1 Å². The molecule has 2 aromatic rings. The van der Waals surface area contributed by atoms with E-state index in [0.717, 1.165) is 22.2 Å². The number of amides is 1. The first-order valence-electron chi connectivity index (χ1n) is 9.66. The lowest BCUT2D eigenvalue weighted by Gasteiger charge is -2.11. The van der Waals surface area contributed by atoms with Crippen molar-refractivity contribution in [2.24, 2.45) is 5.10 Å². The van der Waals surface area contributed by atoms with E-state index in [1.54, 1.807) is 12.1 Å². The van der Waals surface area contributed by atoms with E-state index in [2.05, 4.69) is 9.82 Å². The first-order valence-corrected chi connectivity index (χ1v) is 11.2. The average Bonchev–Trinajstić information content (AvgIpc) is 3.27. The Balaban J connectivity index is 1.44. The van der Waals surface area contributed by atoms with Gasteiger partial charge in [0, 0.05) is 11.8 Å². The molecule has 8 nitrogen and oxygen atoms in total. The highest BCUT2D eigenvalue weighted by Gasteiger charge is 2.22. The smallest absolute Gasteiger partial charge is 0.321 e. The highest BCUT2D eigenvalue weighted by atomic mass is 32.2. The van der Waals surface area contributed by atoms with Gasteiger partial charge in [-0.2, -0.15) is 5.10 Å². The summed E-state index contributed by atoms with van der Waals surface area (Å²) >= 11 is 0. The minimum Gasteiger partial charge on any atom is -0.455 e. The zero-order valence-corrected chi connectivity index (χ0v) is 17.8. The highest BCUT2D eigenvalue weighted by molar-refractivity contribution is 7.92. The first-order chi connectivity index (χ1) is 14.8. The molecule has 1 aliphatic rings. The molecule has 1 heterocycles. The van der Waals surface area contributed by atoms with Gasteiger partial charge in [-0.15, -0.1) is 0 Å². The highest BCUT2D eigenvalue weighted by Crippen LogP contribution is 2.13. The van der Waals surface area contributed by atoms with Crippen molar-refractivity contribution in [3.8, 4) is 0 Å². The Kier molecular flexibility index (Phi) is 7.32. The van der Waals surface area contributed by atoms with Crippen molar-refractivity contribution >= 4 is 33.7 Å². The van der Waals surface area contributed by atoms with Crippen molar-refractivity contribution in [3.63, 3.8) is 0 Å².